The molecule has 1 aliphatic rings. The first kappa shape index (κ1) is 20.5. The zero-order chi connectivity index (χ0) is 19.5. The Balaban J connectivity index is 2.59. The molecule has 9 heteroatoms. The Hall–Kier alpha value is -1.84. The summed E-state index contributed by atoms with van der Waals surface area (Å²) in [6, 6.07) is 4.41. The second-order valence-electron chi connectivity index (χ2n) is 6.74. The van der Waals surface area contributed by atoms with Crippen molar-refractivity contribution in [1.82, 2.24) is 10.2 Å². The summed E-state index contributed by atoms with van der Waals surface area (Å²) in [5.74, 6) is -0.113. The Bertz CT molecular complexity index is 753. The molecule has 0 spiro atoms. The summed E-state index contributed by atoms with van der Waals surface area (Å²) in [4.78, 5) is 14.7. The summed E-state index contributed by atoms with van der Waals surface area (Å²) >= 11 is 0. The van der Waals surface area contributed by atoms with Gasteiger partial charge in [0.25, 0.3) is 5.91 Å². The summed E-state index contributed by atoms with van der Waals surface area (Å²) in [6.45, 7) is 4.54. The first-order valence-corrected chi connectivity index (χ1v) is 10.4. The molecule has 0 saturated carbocycles. The van der Waals surface area contributed by atoms with E-state index in [4.69, 9.17) is 4.74 Å². The number of likely N-dealkylation sites (N-methyl/N-ethyl adjacent to an activating group) is 1. The topological polar surface area (TPSA) is 108 Å². The Labute approximate surface area is 154 Å². The van der Waals surface area contributed by atoms with Crippen molar-refractivity contribution >= 4 is 21.6 Å². The predicted octanol–water partition coefficient (Wildman–Crippen LogP) is 0.498. The molecule has 2 rings (SSSR count). The van der Waals surface area contributed by atoms with E-state index in [2.05, 4.69) is 10.0 Å². The second-order valence-corrected chi connectivity index (χ2v) is 8.49. The molecule has 1 amide bonds. The molecule has 1 heterocycles. The highest BCUT2D eigenvalue weighted by atomic mass is 32.2. The van der Waals surface area contributed by atoms with Gasteiger partial charge in [0, 0.05) is 19.0 Å². The number of anilines is 1. The minimum absolute atomic E-state index is 0.0279. The fourth-order valence-corrected chi connectivity index (χ4v) is 3.53. The third-order valence-electron chi connectivity index (χ3n) is 4.39. The van der Waals surface area contributed by atoms with Gasteiger partial charge in [0.05, 0.1) is 30.2 Å². The number of para-hydroxylation sites is 1. The van der Waals surface area contributed by atoms with E-state index in [1.807, 2.05) is 6.92 Å². The van der Waals surface area contributed by atoms with Crippen molar-refractivity contribution in [2.45, 2.75) is 26.0 Å². The van der Waals surface area contributed by atoms with Crippen LogP contribution in [0, 0.1) is 5.92 Å². The van der Waals surface area contributed by atoms with E-state index < -0.39 is 10.0 Å². The Kier molecular flexibility index (Phi) is 6.48. The molecule has 1 aromatic carbocycles. The van der Waals surface area contributed by atoms with E-state index in [1.54, 1.807) is 37.1 Å². The highest BCUT2D eigenvalue weighted by Gasteiger charge is 2.33. The highest BCUT2D eigenvalue weighted by Crippen LogP contribution is 2.35. The van der Waals surface area contributed by atoms with Gasteiger partial charge >= 0.3 is 0 Å². The van der Waals surface area contributed by atoms with Crippen molar-refractivity contribution in [2.24, 2.45) is 5.92 Å². The van der Waals surface area contributed by atoms with E-state index in [9.17, 15) is 18.3 Å². The molecule has 26 heavy (non-hydrogen) atoms. The van der Waals surface area contributed by atoms with E-state index in [-0.39, 0.29) is 47.6 Å². The lowest BCUT2D eigenvalue weighted by Crippen LogP contribution is -2.49. The number of nitrogens with zero attached hydrogens (tertiary/aromatic N) is 1. The molecule has 3 N–H and O–H groups in total. The van der Waals surface area contributed by atoms with Crippen LogP contribution in [0.15, 0.2) is 18.2 Å². The number of carbonyl (C=O) groups excluding carboxylic acids is 1. The van der Waals surface area contributed by atoms with Crippen LogP contribution in [0.25, 0.3) is 0 Å². The number of fused-ring (bicyclic) bond motifs is 1. The van der Waals surface area contributed by atoms with Crippen LogP contribution in [0.4, 0.5) is 5.69 Å². The minimum Gasteiger partial charge on any atom is -0.486 e. The number of benzene rings is 1. The fraction of sp³-hybridized carbons (Fsp3) is 0.588. The van der Waals surface area contributed by atoms with Crippen LogP contribution in [0.2, 0.25) is 0 Å². The molecule has 3 atom stereocenters. The summed E-state index contributed by atoms with van der Waals surface area (Å²) in [6.07, 6.45) is 0.771. The van der Waals surface area contributed by atoms with E-state index in [0.717, 1.165) is 6.26 Å². The number of amides is 1. The zero-order valence-electron chi connectivity index (χ0n) is 15.5. The number of rotatable bonds is 6. The van der Waals surface area contributed by atoms with Crippen LogP contribution in [-0.4, -0.2) is 69.5 Å². The summed E-state index contributed by atoms with van der Waals surface area (Å²) in [7, 11) is -1.74. The van der Waals surface area contributed by atoms with E-state index >= 15 is 0 Å². The number of aliphatic hydroxyl groups excluding tert-OH is 1. The van der Waals surface area contributed by atoms with Crippen LogP contribution in [0.3, 0.4) is 0 Å². The molecule has 0 fully saturated rings. The lowest BCUT2D eigenvalue weighted by Gasteiger charge is -2.37. The monoisotopic (exact) mass is 385 g/mol. The number of ether oxygens (including phenoxy) is 1. The lowest BCUT2D eigenvalue weighted by molar-refractivity contribution is 0.0417. The van der Waals surface area contributed by atoms with Gasteiger partial charge in [-0.05, 0) is 26.1 Å². The number of carbonyl (C=O) groups is 1. The lowest BCUT2D eigenvalue weighted by atomic mass is 9.99. The van der Waals surface area contributed by atoms with Crippen molar-refractivity contribution in [3.63, 3.8) is 0 Å². The van der Waals surface area contributed by atoms with Gasteiger partial charge in [-0.2, -0.15) is 0 Å². The number of hydrogen-bond donors (Lipinski definition) is 3. The van der Waals surface area contributed by atoms with Crippen molar-refractivity contribution in [2.75, 3.05) is 37.7 Å². The molecule has 8 nitrogen and oxygen atoms in total. The molecule has 0 bridgehead atoms. The molecule has 0 saturated heterocycles. The van der Waals surface area contributed by atoms with Crippen molar-refractivity contribution in [3.8, 4) is 5.75 Å². The maximum atomic E-state index is 13.1. The normalized spacial score (nSPS) is 22.0. The van der Waals surface area contributed by atoms with Crippen molar-refractivity contribution < 1.29 is 23.1 Å². The molecule has 146 valence electrons. The van der Waals surface area contributed by atoms with Crippen LogP contribution in [0.1, 0.15) is 24.2 Å². The smallest absolute Gasteiger partial charge is 0.258 e. The Morgan fingerprint density at radius 1 is 1.42 bits per heavy atom. The third-order valence-corrected chi connectivity index (χ3v) is 4.98. The average Bonchev–Trinajstić information content (AvgIpc) is 2.56. The number of hydrogen-bond acceptors (Lipinski definition) is 6. The average molecular weight is 385 g/mol. The fourth-order valence-electron chi connectivity index (χ4n) is 2.97. The standard InChI is InChI=1S/C17H27N3O5S/c1-11-9-20(12(2)10-21)17(22)13-6-5-7-14(19-26(4,23)24)16(13)25-15(11)8-18-3/h5-7,11-12,15,18-19,21H,8-10H2,1-4H3/t11-,12+,15+/m0/s1. The van der Waals surface area contributed by atoms with Gasteiger partial charge in [0.2, 0.25) is 10.0 Å². The van der Waals surface area contributed by atoms with Crippen LogP contribution < -0.4 is 14.8 Å². The van der Waals surface area contributed by atoms with Gasteiger partial charge in [-0.25, -0.2) is 8.42 Å². The largest absolute Gasteiger partial charge is 0.486 e. The summed E-state index contributed by atoms with van der Waals surface area (Å²) < 4.78 is 31.9. The van der Waals surface area contributed by atoms with Gasteiger partial charge in [0.15, 0.2) is 5.75 Å². The van der Waals surface area contributed by atoms with Crippen molar-refractivity contribution in [3.05, 3.63) is 23.8 Å². The van der Waals surface area contributed by atoms with Gasteiger partial charge in [-0.15, -0.1) is 0 Å². The van der Waals surface area contributed by atoms with Gasteiger partial charge in [0.1, 0.15) is 6.10 Å². The zero-order valence-corrected chi connectivity index (χ0v) is 16.3. The van der Waals surface area contributed by atoms with Crippen LogP contribution in [-0.2, 0) is 10.0 Å². The summed E-state index contributed by atoms with van der Waals surface area (Å²) in [5.41, 5.74) is 0.497. The third kappa shape index (κ3) is 4.66. The van der Waals surface area contributed by atoms with Gasteiger partial charge < -0.3 is 20.1 Å². The Morgan fingerprint density at radius 3 is 2.69 bits per heavy atom. The molecule has 0 aliphatic carbocycles. The molecule has 0 aromatic heterocycles. The van der Waals surface area contributed by atoms with Gasteiger partial charge in [-0.3, -0.25) is 9.52 Å². The van der Waals surface area contributed by atoms with Crippen molar-refractivity contribution in [1.29, 1.82) is 0 Å². The van der Waals surface area contributed by atoms with Crippen LogP contribution >= 0.6 is 0 Å². The first-order chi connectivity index (χ1) is 12.2. The number of sulfonamides is 1. The molecule has 1 aromatic rings. The maximum Gasteiger partial charge on any atom is 0.258 e. The molecule has 1 aliphatic heterocycles. The van der Waals surface area contributed by atoms with E-state index in [0.29, 0.717) is 13.1 Å². The number of nitrogens with one attached hydrogen (secondary N) is 2. The highest BCUT2D eigenvalue weighted by molar-refractivity contribution is 7.92. The van der Waals surface area contributed by atoms with E-state index in [1.165, 1.54) is 0 Å². The van der Waals surface area contributed by atoms with Gasteiger partial charge in [-0.1, -0.05) is 13.0 Å². The quantitative estimate of drug-likeness (QED) is 0.658. The second kappa shape index (κ2) is 8.24. The maximum absolute atomic E-state index is 13.1. The Morgan fingerprint density at radius 2 is 2.12 bits per heavy atom. The molecular weight excluding hydrogens is 358 g/mol. The van der Waals surface area contributed by atoms with Crippen LogP contribution in [0.5, 0.6) is 5.75 Å². The summed E-state index contributed by atoms with van der Waals surface area (Å²) in [5, 5.41) is 12.6. The first-order valence-electron chi connectivity index (χ1n) is 8.51. The minimum atomic E-state index is -3.54. The molecule has 0 unspecified atom stereocenters. The molecule has 0 radical (unpaired) electrons. The predicted molar refractivity (Wildman–Crippen MR) is 100.0 cm³/mol. The number of aliphatic hydroxyl groups is 1. The molecular formula is C17H27N3O5S. The SMILES string of the molecule is CNC[C@H]1Oc2c(NS(C)(=O)=O)cccc2C(=O)N([C@H](C)CO)C[C@@H]1C.